The highest BCUT2D eigenvalue weighted by atomic mass is 32.2. The monoisotopic (exact) mass is 422 g/mol. The van der Waals surface area contributed by atoms with Crippen molar-refractivity contribution in [3.63, 3.8) is 0 Å². The number of carbonyl (C=O) groups excluding carboxylic acids is 2. The first-order chi connectivity index (χ1) is 13.8. The molecule has 2 aliphatic rings. The molecule has 2 aliphatic heterocycles. The van der Waals surface area contributed by atoms with Gasteiger partial charge < -0.3 is 10.2 Å². The molecule has 2 heterocycles. The molecule has 1 aromatic rings. The number of benzene rings is 1. The molecule has 1 N–H and O–H groups in total. The molecule has 3 rings (SSSR count). The van der Waals surface area contributed by atoms with Gasteiger partial charge in [0.1, 0.15) is 0 Å². The Labute approximate surface area is 172 Å². The maximum Gasteiger partial charge on any atom is 0.243 e. The van der Waals surface area contributed by atoms with Gasteiger partial charge in [-0.2, -0.15) is 4.31 Å². The van der Waals surface area contributed by atoms with Crippen LogP contribution in [0.3, 0.4) is 0 Å². The fraction of sp³-hybridized carbons (Fsp3) is 0.600. The summed E-state index contributed by atoms with van der Waals surface area (Å²) in [6.07, 6.45) is 3.45. The molecule has 0 aromatic heterocycles. The second-order valence-corrected chi connectivity index (χ2v) is 9.76. The van der Waals surface area contributed by atoms with Crippen molar-refractivity contribution < 1.29 is 18.0 Å². The largest absolute Gasteiger partial charge is 0.343 e. The molecular weight excluding hydrogens is 392 g/mol. The normalized spacial score (nSPS) is 19.2. The molecule has 0 spiro atoms. The summed E-state index contributed by atoms with van der Waals surface area (Å²) in [4.78, 5) is 28.0. The van der Waals surface area contributed by atoms with Gasteiger partial charge in [-0.05, 0) is 43.9 Å². The molecule has 2 saturated heterocycles. The number of nitrogens with one attached hydrogen (secondary N) is 1. The Bertz CT molecular complexity index is 844. The van der Waals surface area contributed by atoms with Crippen molar-refractivity contribution in [3.8, 4) is 0 Å². The maximum absolute atomic E-state index is 12.7. The van der Waals surface area contributed by atoms with E-state index in [0.29, 0.717) is 18.8 Å². The fourth-order valence-electron chi connectivity index (χ4n) is 3.94. The molecule has 0 aliphatic carbocycles. The van der Waals surface area contributed by atoms with Crippen LogP contribution in [0.15, 0.2) is 29.2 Å². The van der Waals surface area contributed by atoms with E-state index in [0.717, 1.165) is 38.8 Å². The van der Waals surface area contributed by atoms with Gasteiger partial charge in [0.2, 0.25) is 21.8 Å². The first-order valence-electron chi connectivity index (χ1n) is 10.1. The van der Waals surface area contributed by atoms with Crippen LogP contribution in [0.4, 0.5) is 5.69 Å². The van der Waals surface area contributed by atoms with Crippen LogP contribution >= 0.6 is 0 Å². The molecule has 2 amide bonds. The number of hydrogen-bond acceptors (Lipinski definition) is 5. The minimum absolute atomic E-state index is 0.0601. The quantitative estimate of drug-likeness (QED) is 0.748. The number of sulfonamides is 1. The standard InChI is InChI=1S/C20H30N4O4S/c1-16(25)22(2)18-8-12-23(13-9-18)15-20(26)21-17-6-5-7-19(14-17)29(27,28)24-10-3-4-11-24/h5-7,14,18H,3-4,8-13,15H2,1-2H3,(H,21,26). The molecule has 0 radical (unpaired) electrons. The number of piperidine rings is 1. The van der Waals surface area contributed by atoms with E-state index in [-0.39, 0.29) is 29.3 Å². The van der Waals surface area contributed by atoms with Crippen molar-refractivity contribution >= 4 is 27.5 Å². The van der Waals surface area contributed by atoms with Gasteiger partial charge in [0.25, 0.3) is 0 Å². The summed E-state index contributed by atoms with van der Waals surface area (Å²) in [5.41, 5.74) is 0.487. The predicted octanol–water partition coefficient (Wildman–Crippen LogP) is 1.35. The van der Waals surface area contributed by atoms with Gasteiger partial charge >= 0.3 is 0 Å². The number of carbonyl (C=O) groups is 2. The SMILES string of the molecule is CC(=O)N(C)C1CCN(CC(=O)Nc2cccc(S(=O)(=O)N3CCCC3)c2)CC1. The van der Waals surface area contributed by atoms with Gasteiger partial charge in [0, 0.05) is 51.9 Å². The zero-order valence-corrected chi connectivity index (χ0v) is 18.0. The summed E-state index contributed by atoms with van der Waals surface area (Å²) < 4.78 is 26.9. The van der Waals surface area contributed by atoms with Crippen LogP contribution in [0.25, 0.3) is 0 Å². The highest BCUT2D eigenvalue weighted by Gasteiger charge is 2.28. The lowest BCUT2D eigenvalue weighted by atomic mass is 10.0. The van der Waals surface area contributed by atoms with Crippen LogP contribution in [0.2, 0.25) is 0 Å². The molecule has 8 nitrogen and oxygen atoms in total. The number of likely N-dealkylation sites (tertiary alicyclic amines) is 1. The van der Waals surface area contributed by atoms with Crippen LogP contribution in [0.5, 0.6) is 0 Å². The molecule has 0 bridgehead atoms. The number of hydrogen-bond donors (Lipinski definition) is 1. The molecule has 2 fully saturated rings. The van der Waals surface area contributed by atoms with E-state index in [2.05, 4.69) is 10.2 Å². The average Bonchev–Trinajstić information content (AvgIpc) is 3.24. The maximum atomic E-state index is 12.7. The first-order valence-corrected chi connectivity index (χ1v) is 11.6. The number of amides is 2. The molecule has 9 heteroatoms. The molecule has 160 valence electrons. The second kappa shape index (κ2) is 9.23. The van der Waals surface area contributed by atoms with Gasteiger partial charge in [0.05, 0.1) is 11.4 Å². The van der Waals surface area contributed by atoms with Crippen LogP contribution in [0, 0.1) is 0 Å². The van der Waals surface area contributed by atoms with Crippen LogP contribution in [0.1, 0.15) is 32.6 Å². The minimum Gasteiger partial charge on any atom is -0.343 e. The zero-order chi connectivity index (χ0) is 21.0. The van der Waals surface area contributed by atoms with E-state index in [1.807, 2.05) is 7.05 Å². The Morgan fingerprint density at radius 3 is 2.41 bits per heavy atom. The van der Waals surface area contributed by atoms with E-state index >= 15 is 0 Å². The summed E-state index contributed by atoms with van der Waals surface area (Å²) in [6, 6.07) is 6.68. The van der Waals surface area contributed by atoms with E-state index in [1.54, 1.807) is 30.0 Å². The molecular formula is C20H30N4O4S. The zero-order valence-electron chi connectivity index (χ0n) is 17.1. The number of anilines is 1. The Balaban J connectivity index is 1.54. The molecule has 0 atom stereocenters. The van der Waals surface area contributed by atoms with Crippen molar-refractivity contribution in [2.24, 2.45) is 0 Å². The van der Waals surface area contributed by atoms with Crippen molar-refractivity contribution in [1.82, 2.24) is 14.1 Å². The minimum atomic E-state index is -3.51. The number of nitrogens with zero attached hydrogens (tertiary/aromatic N) is 3. The van der Waals surface area contributed by atoms with Gasteiger partial charge in [-0.3, -0.25) is 14.5 Å². The van der Waals surface area contributed by atoms with Gasteiger partial charge in [-0.25, -0.2) is 8.42 Å². The lowest BCUT2D eigenvalue weighted by Crippen LogP contribution is -2.46. The van der Waals surface area contributed by atoms with E-state index in [9.17, 15) is 18.0 Å². The third-order valence-electron chi connectivity index (χ3n) is 5.79. The lowest BCUT2D eigenvalue weighted by Gasteiger charge is -2.36. The topological polar surface area (TPSA) is 90.0 Å². The first kappa shape index (κ1) is 21.7. The summed E-state index contributed by atoms with van der Waals surface area (Å²) >= 11 is 0. The summed E-state index contributed by atoms with van der Waals surface area (Å²) in [7, 11) is -1.69. The molecule has 29 heavy (non-hydrogen) atoms. The van der Waals surface area contributed by atoms with Crippen molar-refractivity contribution in [2.75, 3.05) is 45.1 Å². The second-order valence-electron chi connectivity index (χ2n) is 7.82. The van der Waals surface area contributed by atoms with E-state index in [4.69, 9.17) is 0 Å². The van der Waals surface area contributed by atoms with Crippen LogP contribution in [-0.2, 0) is 19.6 Å². The third-order valence-corrected chi connectivity index (χ3v) is 7.68. The average molecular weight is 423 g/mol. The van der Waals surface area contributed by atoms with Gasteiger partial charge in [0.15, 0.2) is 0 Å². The van der Waals surface area contributed by atoms with Crippen LogP contribution in [-0.4, -0.2) is 80.2 Å². The fourth-order valence-corrected chi connectivity index (χ4v) is 5.50. The van der Waals surface area contributed by atoms with E-state index in [1.165, 1.54) is 10.4 Å². The van der Waals surface area contributed by atoms with Crippen LogP contribution < -0.4 is 5.32 Å². The third kappa shape index (κ3) is 5.34. The van der Waals surface area contributed by atoms with Crippen molar-refractivity contribution in [2.45, 2.75) is 43.5 Å². The highest BCUT2D eigenvalue weighted by molar-refractivity contribution is 7.89. The number of rotatable bonds is 6. The van der Waals surface area contributed by atoms with Gasteiger partial charge in [-0.15, -0.1) is 0 Å². The van der Waals surface area contributed by atoms with Crippen molar-refractivity contribution in [3.05, 3.63) is 24.3 Å². The molecule has 0 saturated carbocycles. The Morgan fingerprint density at radius 1 is 1.14 bits per heavy atom. The molecule has 1 aromatic carbocycles. The summed E-state index contributed by atoms with van der Waals surface area (Å²) in [6.45, 7) is 4.41. The lowest BCUT2D eigenvalue weighted by molar-refractivity contribution is -0.130. The van der Waals surface area contributed by atoms with Crippen molar-refractivity contribution in [1.29, 1.82) is 0 Å². The van der Waals surface area contributed by atoms with E-state index < -0.39 is 10.0 Å². The Kier molecular flexibility index (Phi) is 6.92. The summed E-state index contributed by atoms with van der Waals surface area (Å²) in [5, 5.41) is 2.82. The summed E-state index contributed by atoms with van der Waals surface area (Å²) in [5.74, 6) is -0.107. The highest BCUT2D eigenvalue weighted by Crippen LogP contribution is 2.23. The Morgan fingerprint density at radius 2 is 1.79 bits per heavy atom. The predicted molar refractivity (Wildman–Crippen MR) is 111 cm³/mol. The molecule has 0 unspecified atom stereocenters. The smallest absolute Gasteiger partial charge is 0.243 e. The van der Waals surface area contributed by atoms with Gasteiger partial charge in [-0.1, -0.05) is 6.07 Å². The Hall–Kier alpha value is -1.97.